The third-order valence-electron chi connectivity index (χ3n) is 8.87. The van der Waals surface area contributed by atoms with Gasteiger partial charge >= 0.3 is 5.97 Å². The minimum absolute atomic E-state index is 0.00879. The van der Waals surface area contributed by atoms with Gasteiger partial charge in [-0.15, -0.1) is 23.2 Å². The highest BCUT2D eigenvalue weighted by molar-refractivity contribution is 9.12. The topological polar surface area (TPSA) is 112 Å². The number of allylic oxidation sites excluding steroid dienone is 4. The number of Topliss-reactive ketones (excluding diaryl/α,β-unsaturated/α-hetero) is 1. The maximum absolute atomic E-state index is 15.5. The smallest absolute Gasteiger partial charge is 0.306 e. The van der Waals surface area contributed by atoms with Crippen LogP contribution in [-0.2, 0) is 14.4 Å². The Morgan fingerprint density at radius 1 is 1.33 bits per heavy atom. The largest absolute Gasteiger partial charge is 0.481 e. The van der Waals surface area contributed by atoms with Gasteiger partial charge in [0.15, 0.2) is 11.6 Å². The molecule has 3 saturated carbocycles. The van der Waals surface area contributed by atoms with Crippen LogP contribution in [0.4, 0.5) is 4.39 Å². The average molecular weight is 568 g/mol. The average Bonchev–Trinajstić information content (AvgIpc) is 2.97. The fourth-order valence-corrected chi connectivity index (χ4v) is 8.90. The molecule has 0 spiro atoms. The lowest BCUT2D eigenvalue weighted by atomic mass is 9.46. The minimum Gasteiger partial charge on any atom is -0.481 e. The van der Waals surface area contributed by atoms with Crippen LogP contribution in [0.3, 0.4) is 0 Å². The van der Waals surface area contributed by atoms with Gasteiger partial charge in [0.25, 0.3) is 0 Å². The zero-order valence-electron chi connectivity index (χ0n) is 18.2. The molecule has 0 aromatic carbocycles. The summed E-state index contributed by atoms with van der Waals surface area (Å²) in [6, 6.07) is 0. The first kappa shape index (κ1) is 25.3. The summed E-state index contributed by atoms with van der Waals surface area (Å²) in [4.78, 5) is 35.1. The van der Waals surface area contributed by atoms with Crippen molar-refractivity contribution < 1.29 is 34.1 Å². The fourth-order valence-electron chi connectivity index (χ4n) is 7.14. The molecule has 182 valence electrons. The molecule has 0 aromatic heterocycles. The van der Waals surface area contributed by atoms with E-state index in [9.17, 15) is 24.6 Å². The van der Waals surface area contributed by atoms with E-state index in [0.29, 0.717) is 6.42 Å². The number of fused-ring (bicyclic) bond motifs is 5. The molecule has 4 aliphatic rings. The zero-order valence-corrected chi connectivity index (χ0v) is 21.3. The van der Waals surface area contributed by atoms with Crippen LogP contribution in [0.5, 0.6) is 0 Å². The molecule has 0 saturated heterocycles. The maximum Gasteiger partial charge on any atom is 0.306 e. The van der Waals surface area contributed by atoms with Gasteiger partial charge in [0.2, 0.25) is 0 Å². The summed E-state index contributed by atoms with van der Waals surface area (Å²) in [6.45, 7) is 3.46. The van der Waals surface area contributed by atoms with Crippen LogP contribution in [0.15, 0.2) is 22.2 Å². The number of hydrogen-bond donors (Lipinski definition) is 3. The van der Waals surface area contributed by atoms with Gasteiger partial charge in [-0.25, -0.2) is 4.39 Å². The van der Waals surface area contributed by atoms with Gasteiger partial charge < -0.3 is 15.3 Å². The lowest BCUT2D eigenvalue weighted by Gasteiger charge is -2.64. The quantitative estimate of drug-likeness (QED) is 0.447. The third kappa shape index (κ3) is 3.20. The van der Waals surface area contributed by atoms with E-state index in [1.54, 1.807) is 19.9 Å². The molecule has 0 radical (unpaired) electrons. The van der Waals surface area contributed by atoms with Gasteiger partial charge in [-0.05, 0) is 65.1 Å². The van der Waals surface area contributed by atoms with Gasteiger partial charge in [0.1, 0.15) is 17.9 Å². The summed E-state index contributed by atoms with van der Waals surface area (Å²) < 4.78 is 15.8. The lowest BCUT2D eigenvalue weighted by Crippen LogP contribution is -2.69. The highest BCUT2D eigenvalue weighted by atomic mass is 79.9. The summed E-state index contributed by atoms with van der Waals surface area (Å²) in [5, 5.41) is 29.9. The van der Waals surface area contributed by atoms with E-state index >= 15 is 4.39 Å². The molecule has 3 fully saturated rings. The van der Waals surface area contributed by atoms with E-state index in [-0.39, 0.29) is 35.1 Å². The van der Waals surface area contributed by atoms with E-state index in [4.69, 9.17) is 28.3 Å². The molecule has 0 aliphatic heterocycles. The predicted octanol–water partition coefficient (Wildman–Crippen LogP) is 3.68. The normalized spacial score (nSPS) is 47.6. The van der Waals surface area contributed by atoms with Gasteiger partial charge in [-0.3, -0.25) is 14.4 Å². The van der Waals surface area contributed by atoms with Gasteiger partial charge in [-0.1, -0.05) is 19.9 Å². The monoisotopic (exact) mass is 566 g/mol. The number of rotatable bonds is 4. The SMILES string of the molecule is C[C@]12C=C(Br)C(=O)C=C1[C@H](F)C[C@H]1[C@@H]3CC[C@](O)(C(=O)C(O)CC(=O)O)[C@@]3(C)C[C@H](Cl)[C@@]12Cl. The van der Waals surface area contributed by atoms with Crippen molar-refractivity contribution in [1.82, 2.24) is 0 Å². The first-order valence-electron chi connectivity index (χ1n) is 10.9. The van der Waals surface area contributed by atoms with Gasteiger partial charge in [0, 0.05) is 10.8 Å². The Hall–Kier alpha value is -0.800. The fraction of sp³-hybridized carbons (Fsp3) is 0.696. The number of aliphatic hydroxyl groups excluding tert-OH is 1. The summed E-state index contributed by atoms with van der Waals surface area (Å²) in [7, 11) is 0. The van der Waals surface area contributed by atoms with Gasteiger partial charge in [-0.2, -0.15) is 0 Å². The number of ketones is 2. The van der Waals surface area contributed by atoms with Crippen molar-refractivity contribution in [2.45, 2.75) is 74.1 Å². The van der Waals surface area contributed by atoms with Crippen molar-refractivity contribution in [3.05, 3.63) is 22.2 Å². The second-order valence-corrected chi connectivity index (χ2v) is 12.3. The molecule has 6 nitrogen and oxygen atoms in total. The number of alkyl halides is 3. The van der Waals surface area contributed by atoms with Crippen molar-refractivity contribution >= 4 is 56.7 Å². The molecule has 33 heavy (non-hydrogen) atoms. The number of hydrogen-bond acceptors (Lipinski definition) is 5. The number of aliphatic hydroxyl groups is 2. The van der Waals surface area contributed by atoms with E-state index in [1.165, 1.54) is 6.08 Å². The molecule has 4 aliphatic carbocycles. The van der Waals surface area contributed by atoms with Crippen molar-refractivity contribution in [1.29, 1.82) is 0 Å². The van der Waals surface area contributed by atoms with Crippen LogP contribution in [0.25, 0.3) is 0 Å². The standard InChI is InChI=1S/C23H26BrCl2FO6/c1-20-9-17(25)23(26)11(5-14(27)12-6-15(28)13(24)8-21(12,23)2)10(20)3-4-22(20,33)19(32)16(29)7-18(30)31/h6,8,10-11,14,16-17,29,33H,3-5,7,9H2,1-2H3,(H,30,31)/t10-,11-,14+,16?,17-,20-,21-,22-,23-/m0/s1. The third-order valence-corrected chi connectivity index (χ3v) is 11.0. The second kappa shape index (κ2) is 7.85. The Bertz CT molecular complexity index is 1000. The van der Waals surface area contributed by atoms with Crippen molar-refractivity contribution in [2.24, 2.45) is 22.7 Å². The molecule has 3 N–H and O–H groups in total. The molecular weight excluding hydrogens is 542 g/mol. The molecule has 0 bridgehead atoms. The molecule has 1 unspecified atom stereocenters. The highest BCUT2D eigenvalue weighted by Gasteiger charge is 2.74. The summed E-state index contributed by atoms with van der Waals surface area (Å²) in [5.41, 5.74) is -3.95. The number of aliphatic carboxylic acids is 1. The van der Waals surface area contributed by atoms with E-state index in [0.717, 1.165) is 0 Å². The van der Waals surface area contributed by atoms with Crippen molar-refractivity contribution in [3.8, 4) is 0 Å². The Morgan fingerprint density at radius 2 is 1.97 bits per heavy atom. The summed E-state index contributed by atoms with van der Waals surface area (Å²) >= 11 is 17.5. The van der Waals surface area contributed by atoms with E-state index < -0.39 is 69.0 Å². The Morgan fingerprint density at radius 3 is 2.58 bits per heavy atom. The van der Waals surface area contributed by atoms with E-state index in [1.807, 2.05) is 0 Å². The van der Waals surface area contributed by atoms with Crippen molar-refractivity contribution in [2.75, 3.05) is 0 Å². The predicted molar refractivity (Wildman–Crippen MR) is 123 cm³/mol. The second-order valence-electron chi connectivity index (χ2n) is 10.3. The molecular formula is C23H26BrCl2FO6. The highest BCUT2D eigenvalue weighted by Crippen LogP contribution is 2.72. The molecule has 4 rings (SSSR count). The van der Waals surface area contributed by atoms with Crippen LogP contribution >= 0.6 is 39.1 Å². The van der Waals surface area contributed by atoms with Crippen molar-refractivity contribution in [3.63, 3.8) is 0 Å². The molecule has 10 heteroatoms. The summed E-state index contributed by atoms with van der Waals surface area (Å²) in [6.07, 6.45) is -0.828. The molecule has 9 atom stereocenters. The van der Waals surface area contributed by atoms with E-state index in [2.05, 4.69) is 15.9 Å². The molecule has 0 aromatic rings. The first-order chi connectivity index (χ1) is 15.1. The Labute approximate surface area is 209 Å². The number of halogens is 4. The van der Waals surface area contributed by atoms with Crippen LogP contribution in [0, 0.1) is 22.7 Å². The molecule has 0 heterocycles. The maximum atomic E-state index is 15.5. The Kier molecular flexibility index (Phi) is 6.02. The Balaban J connectivity index is 1.79. The van der Waals surface area contributed by atoms with Crippen LogP contribution < -0.4 is 0 Å². The minimum atomic E-state index is -2.01. The number of carboxylic acids is 1. The number of carbonyl (C=O) groups is 3. The number of carbonyl (C=O) groups excluding carboxylic acids is 2. The molecule has 0 amide bonds. The van der Waals surface area contributed by atoms with Crippen LogP contribution in [0.2, 0.25) is 0 Å². The number of carboxylic acid groups (broad SMARTS) is 1. The summed E-state index contributed by atoms with van der Waals surface area (Å²) in [5.74, 6) is -3.60. The van der Waals surface area contributed by atoms with Crippen LogP contribution in [0.1, 0.15) is 46.0 Å². The zero-order chi connectivity index (χ0) is 24.7. The first-order valence-corrected chi connectivity index (χ1v) is 12.5. The van der Waals surface area contributed by atoms with Gasteiger partial charge in [0.05, 0.1) is 21.2 Å². The van der Waals surface area contributed by atoms with Crippen LogP contribution in [-0.4, -0.2) is 61.0 Å². The lowest BCUT2D eigenvalue weighted by molar-refractivity contribution is -0.170.